The molecule has 1 fully saturated rings. The molecule has 2 aliphatic rings. The van der Waals surface area contributed by atoms with Crippen molar-refractivity contribution in [2.24, 2.45) is 0 Å². The Morgan fingerprint density at radius 2 is 1.72 bits per heavy atom. The maximum atomic E-state index is 12.5. The molecule has 32 heavy (non-hydrogen) atoms. The van der Waals surface area contributed by atoms with Crippen LogP contribution in [0.15, 0.2) is 42.0 Å². The van der Waals surface area contributed by atoms with Gasteiger partial charge < -0.3 is 14.4 Å². The Balaban J connectivity index is 1.55. The Hall–Kier alpha value is -2.38. The first-order chi connectivity index (χ1) is 15.3. The summed E-state index contributed by atoms with van der Waals surface area (Å²) >= 11 is 6.57. The fourth-order valence-corrected chi connectivity index (χ4v) is 4.51. The molecule has 2 aliphatic heterocycles. The monoisotopic (exact) mass is 466 g/mol. The molecule has 0 aromatic heterocycles. The molecular weight excluding hydrogens is 441 g/mol. The van der Waals surface area contributed by atoms with Crippen LogP contribution in [0.1, 0.15) is 31.7 Å². The summed E-state index contributed by atoms with van der Waals surface area (Å²) in [6.07, 6.45) is 1.11. The van der Waals surface area contributed by atoms with E-state index < -0.39 is 6.36 Å². The van der Waals surface area contributed by atoms with Crippen LogP contribution in [-0.2, 0) is 0 Å². The van der Waals surface area contributed by atoms with Gasteiger partial charge in [-0.05, 0) is 75.3 Å². The number of alkyl halides is 3. The summed E-state index contributed by atoms with van der Waals surface area (Å²) in [5, 5.41) is 0.558. The van der Waals surface area contributed by atoms with Crippen molar-refractivity contribution in [2.45, 2.75) is 32.5 Å². The summed E-state index contributed by atoms with van der Waals surface area (Å²) in [6.45, 7) is 6.28. The van der Waals surface area contributed by atoms with E-state index in [4.69, 9.17) is 16.3 Å². The van der Waals surface area contributed by atoms with E-state index in [0.29, 0.717) is 18.2 Å². The Bertz CT molecular complexity index is 970. The van der Waals surface area contributed by atoms with Crippen molar-refractivity contribution in [2.75, 3.05) is 37.7 Å². The normalized spacial score (nSPS) is 17.0. The third-order valence-corrected chi connectivity index (χ3v) is 6.00. The van der Waals surface area contributed by atoms with Gasteiger partial charge >= 0.3 is 6.36 Å². The lowest BCUT2D eigenvalue weighted by molar-refractivity contribution is -0.274. The van der Waals surface area contributed by atoms with E-state index in [2.05, 4.69) is 15.7 Å². The predicted molar refractivity (Wildman–Crippen MR) is 121 cm³/mol. The van der Waals surface area contributed by atoms with Crippen molar-refractivity contribution in [1.82, 2.24) is 4.90 Å². The molecule has 8 heteroatoms. The summed E-state index contributed by atoms with van der Waals surface area (Å²) in [4.78, 5) is 4.41. The molecule has 0 amide bonds. The number of anilines is 2. The number of hydrogen-bond donors (Lipinski definition) is 0. The molecule has 1 saturated heterocycles. The van der Waals surface area contributed by atoms with Crippen molar-refractivity contribution in [3.05, 3.63) is 52.6 Å². The van der Waals surface area contributed by atoms with Gasteiger partial charge in [0.15, 0.2) is 0 Å². The average molecular weight is 467 g/mol. The second-order valence-electron chi connectivity index (χ2n) is 8.18. The van der Waals surface area contributed by atoms with E-state index in [1.165, 1.54) is 31.4 Å². The topological polar surface area (TPSA) is 24.9 Å². The fourth-order valence-electron chi connectivity index (χ4n) is 4.24. The lowest BCUT2D eigenvalue weighted by atomic mass is 10.0. The molecule has 4 rings (SSSR count). The summed E-state index contributed by atoms with van der Waals surface area (Å²) in [7, 11) is 0. The SMILES string of the molecule is CC1=Cc2c(OCCN3CCCCC3)ccc(Cl)c2N(c2ccc(OC(F)(F)F)cc2)C1. The molecule has 2 heterocycles. The van der Waals surface area contributed by atoms with Crippen LogP contribution in [0.25, 0.3) is 6.08 Å². The third kappa shape index (κ3) is 5.51. The molecular formula is C24H26ClF3N2O2. The van der Waals surface area contributed by atoms with Gasteiger partial charge in [-0.15, -0.1) is 13.2 Å². The lowest BCUT2D eigenvalue weighted by Crippen LogP contribution is -2.33. The third-order valence-electron chi connectivity index (χ3n) is 5.69. The first-order valence-electron chi connectivity index (χ1n) is 10.8. The minimum atomic E-state index is -4.72. The van der Waals surface area contributed by atoms with Gasteiger partial charge in [0, 0.05) is 24.3 Å². The van der Waals surface area contributed by atoms with Gasteiger partial charge in [0.25, 0.3) is 0 Å². The largest absolute Gasteiger partial charge is 0.573 e. The highest BCUT2D eigenvalue weighted by molar-refractivity contribution is 6.34. The Kier molecular flexibility index (Phi) is 6.86. The standard InChI is InChI=1S/C24H26ClF3N2O2/c1-17-15-20-22(31-14-13-29-11-3-2-4-12-29)10-9-21(25)23(20)30(16-17)18-5-7-19(8-6-18)32-24(26,27)28/h5-10,15H,2-4,11-14,16H2,1H3. The van der Waals surface area contributed by atoms with Crippen molar-refractivity contribution in [3.8, 4) is 11.5 Å². The van der Waals surface area contributed by atoms with E-state index in [0.717, 1.165) is 47.9 Å². The predicted octanol–water partition coefficient (Wildman–Crippen LogP) is 6.66. The molecule has 0 N–H and O–H groups in total. The van der Waals surface area contributed by atoms with Crippen LogP contribution in [0.3, 0.4) is 0 Å². The van der Waals surface area contributed by atoms with Gasteiger partial charge in [-0.3, -0.25) is 4.90 Å². The highest BCUT2D eigenvalue weighted by Crippen LogP contribution is 2.44. The molecule has 0 saturated carbocycles. The summed E-state index contributed by atoms with van der Waals surface area (Å²) in [6, 6.07) is 9.50. The molecule has 0 spiro atoms. The van der Waals surface area contributed by atoms with Gasteiger partial charge in [0.1, 0.15) is 18.1 Å². The molecule has 0 atom stereocenters. The zero-order valence-electron chi connectivity index (χ0n) is 17.9. The van der Waals surface area contributed by atoms with Gasteiger partial charge in [0.2, 0.25) is 0 Å². The lowest BCUT2D eigenvalue weighted by Gasteiger charge is -2.32. The molecule has 0 bridgehead atoms. The molecule has 2 aromatic carbocycles. The average Bonchev–Trinajstić information content (AvgIpc) is 2.75. The van der Waals surface area contributed by atoms with Crippen molar-refractivity contribution >= 4 is 29.1 Å². The number of fused-ring (bicyclic) bond motifs is 1. The number of ether oxygens (including phenoxy) is 2. The molecule has 0 aliphatic carbocycles. The number of hydrogen-bond acceptors (Lipinski definition) is 4. The van der Waals surface area contributed by atoms with Gasteiger partial charge in [-0.1, -0.05) is 23.6 Å². The van der Waals surface area contributed by atoms with Crippen LogP contribution in [-0.4, -0.2) is 44.0 Å². The second kappa shape index (κ2) is 9.63. The Morgan fingerprint density at radius 3 is 2.41 bits per heavy atom. The Labute approximate surface area is 191 Å². The number of rotatable bonds is 6. The van der Waals surface area contributed by atoms with Gasteiger partial charge in [0.05, 0.1) is 10.7 Å². The molecule has 172 valence electrons. The number of likely N-dealkylation sites (tertiary alicyclic amines) is 1. The van der Waals surface area contributed by atoms with E-state index in [9.17, 15) is 13.2 Å². The number of halogens is 4. The molecule has 2 aromatic rings. The van der Waals surface area contributed by atoms with Crippen LogP contribution < -0.4 is 14.4 Å². The second-order valence-corrected chi connectivity index (χ2v) is 8.58. The number of nitrogens with zero attached hydrogens (tertiary/aromatic N) is 2. The molecule has 4 nitrogen and oxygen atoms in total. The van der Waals surface area contributed by atoms with E-state index >= 15 is 0 Å². The van der Waals surface area contributed by atoms with Crippen LogP contribution >= 0.6 is 11.6 Å². The number of piperidine rings is 1. The molecule has 0 radical (unpaired) electrons. The van der Waals surface area contributed by atoms with Crippen molar-refractivity contribution < 1.29 is 22.6 Å². The van der Waals surface area contributed by atoms with E-state index in [1.807, 2.05) is 17.9 Å². The van der Waals surface area contributed by atoms with Crippen LogP contribution in [0.4, 0.5) is 24.5 Å². The van der Waals surface area contributed by atoms with Crippen LogP contribution in [0.2, 0.25) is 5.02 Å². The van der Waals surface area contributed by atoms with Crippen molar-refractivity contribution in [3.63, 3.8) is 0 Å². The number of benzene rings is 2. The van der Waals surface area contributed by atoms with E-state index in [-0.39, 0.29) is 5.75 Å². The van der Waals surface area contributed by atoms with Gasteiger partial charge in [-0.25, -0.2) is 0 Å². The van der Waals surface area contributed by atoms with Crippen LogP contribution in [0.5, 0.6) is 11.5 Å². The minimum Gasteiger partial charge on any atom is -0.492 e. The summed E-state index contributed by atoms with van der Waals surface area (Å²) in [5.74, 6) is 0.495. The van der Waals surface area contributed by atoms with E-state index in [1.54, 1.807) is 18.2 Å². The maximum Gasteiger partial charge on any atom is 0.573 e. The molecule has 0 unspecified atom stereocenters. The summed E-state index contributed by atoms with van der Waals surface area (Å²) in [5.41, 5.74) is 3.49. The highest BCUT2D eigenvalue weighted by atomic mass is 35.5. The maximum absolute atomic E-state index is 12.5. The van der Waals surface area contributed by atoms with Crippen molar-refractivity contribution in [1.29, 1.82) is 0 Å². The quantitative estimate of drug-likeness (QED) is 0.475. The Morgan fingerprint density at radius 1 is 1.00 bits per heavy atom. The fraction of sp³-hybridized carbons (Fsp3) is 0.417. The zero-order valence-corrected chi connectivity index (χ0v) is 18.7. The summed E-state index contributed by atoms with van der Waals surface area (Å²) < 4.78 is 47.6. The first kappa shape index (κ1) is 22.8. The highest BCUT2D eigenvalue weighted by Gasteiger charge is 2.31. The smallest absolute Gasteiger partial charge is 0.492 e. The zero-order chi connectivity index (χ0) is 22.7. The first-order valence-corrected chi connectivity index (χ1v) is 11.2. The minimum absolute atomic E-state index is 0.258. The van der Waals surface area contributed by atoms with Gasteiger partial charge in [-0.2, -0.15) is 0 Å². The van der Waals surface area contributed by atoms with Crippen LogP contribution in [0, 0.1) is 0 Å².